The van der Waals surface area contributed by atoms with Gasteiger partial charge in [-0.2, -0.15) is 0 Å². The number of rotatable bonds is 7. The predicted molar refractivity (Wildman–Crippen MR) is 104 cm³/mol. The fourth-order valence-corrected chi connectivity index (χ4v) is 2.60. The standard InChI is InChI=1S/C21H26N2O3/c1-14-7-6-10-18(17(14)4)26-12-11-19(24)22-13-20(25)23-21-15(2)8-5-9-16(21)3/h5-10H,11-13H2,1-4H3,(H,22,24)(H,23,25). The maximum Gasteiger partial charge on any atom is 0.243 e. The molecule has 0 heterocycles. The van der Waals surface area contributed by atoms with Gasteiger partial charge in [0.25, 0.3) is 0 Å². The third kappa shape index (κ3) is 5.34. The van der Waals surface area contributed by atoms with Crippen LogP contribution >= 0.6 is 0 Å². The summed E-state index contributed by atoms with van der Waals surface area (Å²) < 4.78 is 5.66. The highest BCUT2D eigenvalue weighted by molar-refractivity contribution is 5.95. The lowest BCUT2D eigenvalue weighted by Crippen LogP contribution is -2.33. The van der Waals surface area contributed by atoms with Crippen molar-refractivity contribution in [2.45, 2.75) is 34.1 Å². The molecule has 0 aliphatic carbocycles. The monoisotopic (exact) mass is 354 g/mol. The van der Waals surface area contributed by atoms with Crippen molar-refractivity contribution in [3.05, 3.63) is 58.7 Å². The van der Waals surface area contributed by atoms with E-state index in [1.807, 2.05) is 64.1 Å². The minimum absolute atomic E-state index is 0.0594. The highest BCUT2D eigenvalue weighted by Gasteiger charge is 2.09. The van der Waals surface area contributed by atoms with Gasteiger partial charge in [-0.25, -0.2) is 0 Å². The molecule has 2 amide bonds. The van der Waals surface area contributed by atoms with Gasteiger partial charge in [0.15, 0.2) is 0 Å². The Balaban J connectivity index is 1.74. The van der Waals surface area contributed by atoms with Gasteiger partial charge in [0.1, 0.15) is 5.75 Å². The first-order valence-corrected chi connectivity index (χ1v) is 8.70. The van der Waals surface area contributed by atoms with Crippen LogP contribution in [0.1, 0.15) is 28.7 Å². The van der Waals surface area contributed by atoms with E-state index in [0.717, 1.165) is 33.7 Å². The molecule has 138 valence electrons. The van der Waals surface area contributed by atoms with Gasteiger partial charge >= 0.3 is 0 Å². The normalized spacial score (nSPS) is 10.3. The molecule has 2 N–H and O–H groups in total. The van der Waals surface area contributed by atoms with E-state index in [2.05, 4.69) is 10.6 Å². The van der Waals surface area contributed by atoms with E-state index in [1.165, 1.54) is 0 Å². The zero-order valence-electron chi connectivity index (χ0n) is 15.8. The summed E-state index contributed by atoms with van der Waals surface area (Å²) in [7, 11) is 0. The molecular formula is C21H26N2O3. The van der Waals surface area contributed by atoms with E-state index in [-0.39, 0.29) is 31.4 Å². The van der Waals surface area contributed by atoms with Crippen LogP contribution in [0.2, 0.25) is 0 Å². The molecular weight excluding hydrogens is 328 g/mol. The molecule has 2 rings (SSSR count). The Labute approximate surface area is 154 Å². The van der Waals surface area contributed by atoms with Crippen molar-refractivity contribution in [2.75, 3.05) is 18.5 Å². The van der Waals surface area contributed by atoms with E-state index < -0.39 is 0 Å². The smallest absolute Gasteiger partial charge is 0.243 e. The van der Waals surface area contributed by atoms with Gasteiger partial charge in [0, 0.05) is 5.69 Å². The molecule has 26 heavy (non-hydrogen) atoms. The van der Waals surface area contributed by atoms with Crippen molar-refractivity contribution < 1.29 is 14.3 Å². The molecule has 0 bridgehead atoms. The molecule has 0 atom stereocenters. The summed E-state index contributed by atoms with van der Waals surface area (Å²) in [5.41, 5.74) is 5.00. The van der Waals surface area contributed by atoms with Crippen molar-refractivity contribution >= 4 is 17.5 Å². The number of nitrogens with one attached hydrogen (secondary N) is 2. The van der Waals surface area contributed by atoms with Crippen LogP contribution in [-0.2, 0) is 9.59 Å². The van der Waals surface area contributed by atoms with Crippen LogP contribution in [0.5, 0.6) is 5.75 Å². The first-order chi connectivity index (χ1) is 12.4. The van der Waals surface area contributed by atoms with Gasteiger partial charge in [0.2, 0.25) is 11.8 Å². The highest BCUT2D eigenvalue weighted by atomic mass is 16.5. The quantitative estimate of drug-likeness (QED) is 0.800. The van der Waals surface area contributed by atoms with Crippen molar-refractivity contribution in [2.24, 2.45) is 0 Å². The number of carbonyl (C=O) groups is 2. The Bertz CT molecular complexity index is 780. The lowest BCUT2D eigenvalue weighted by molar-refractivity contribution is -0.124. The van der Waals surface area contributed by atoms with Crippen LogP contribution in [0, 0.1) is 27.7 Å². The van der Waals surface area contributed by atoms with Gasteiger partial charge in [-0.15, -0.1) is 0 Å². The molecule has 0 aromatic heterocycles. The van der Waals surface area contributed by atoms with Gasteiger partial charge < -0.3 is 15.4 Å². The van der Waals surface area contributed by atoms with E-state index >= 15 is 0 Å². The van der Waals surface area contributed by atoms with Crippen molar-refractivity contribution in [1.29, 1.82) is 0 Å². The molecule has 2 aromatic rings. The lowest BCUT2D eigenvalue weighted by atomic mass is 10.1. The maximum absolute atomic E-state index is 12.0. The number of anilines is 1. The molecule has 0 saturated carbocycles. The van der Waals surface area contributed by atoms with Crippen LogP contribution in [-0.4, -0.2) is 25.0 Å². The first kappa shape index (κ1) is 19.5. The lowest BCUT2D eigenvalue weighted by Gasteiger charge is -2.12. The zero-order valence-corrected chi connectivity index (χ0v) is 15.8. The topological polar surface area (TPSA) is 67.4 Å². The Kier molecular flexibility index (Phi) is 6.78. The number of aryl methyl sites for hydroxylation is 3. The minimum Gasteiger partial charge on any atom is -0.493 e. The van der Waals surface area contributed by atoms with E-state index in [0.29, 0.717) is 0 Å². The molecule has 5 heteroatoms. The summed E-state index contributed by atoms with van der Waals surface area (Å²) in [5.74, 6) is 0.323. The summed E-state index contributed by atoms with van der Waals surface area (Å²) in [4.78, 5) is 23.9. The molecule has 0 saturated heterocycles. The summed E-state index contributed by atoms with van der Waals surface area (Å²) in [5, 5.41) is 5.47. The van der Waals surface area contributed by atoms with Crippen LogP contribution in [0.4, 0.5) is 5.69 Å². The molecule has 0 aliphatic heterocycles. The fourth-order valence-electron chi connectivity index (χ4n) is 2.60. The number of benzene rings is 2. The number of amides is 2. The highest BCUT2D eigenvalue weighted by Crippen LogP contribution is 2.20. The molecule has 5 nitrogen and oxygen atoms in total. The predicted octanol–water partition coefficient (Wildman–Crippen LogP) is 3.44. The van der Waals surface area contributed by atoms with Crippen LogP contribution in [0.15, 0.2) is 36.4 Å². The second-order valence-corrected chi connectivity index (χ2v) is 6.39. The van der Waals surface area contributed by atoms with Gasteiger partial charge in [-0.1, -0.05) is 30.3 Å². The molecule has 0 radical (unpaired) electrons. The second kappa shape index (κ2) is 9.04. The fraction of sp³-hybridized carbons (Fsp3) is 0.333. The molecule has 0 fully saturated rings. The van der Waals surface area contributed by atoms with E-state index in [9.17, 15) is 9.59 Å². The number of hydrogen-bond donors (Lipinski definition) is 2. The van der Waals surface area contributed by atoms with Crippen molar-refractivity contribution in [3.8, 4) is 5.75 Å². The van der Waals surface area contributed by atoms with Crippen LogP contribution in [0.3, 0.4) is 0 Å². The molecule has 0 spiro atoms. The number of hydrogen-bond acceptors (Lipinski definition) is 3. The van der Waals surface area contributed by atoms with Crippen molar-refractivity contribution in [3.63, 3.8) is 0 Å². The van der Waals surface area contributed by atoms with E-state index in [4.69, 9.17) is 4.74 Å². The third-order valence-electron chi connectivity index (χ3n) is 4.33. The first-order valence-electron chi connectivity index (χ1n) is 8.70. The summed E-state index contributed by atoms with van der Waals surface area (Å²) >= 11 is 0. The summed E-state index contributed by atoms with van der Waals surface area (Å²) in [6.07, 6.45) is 0.198. The van der Waals surface area contributed by atoms with Crippen LogP contribution in [0.25, 0.3) is 0 Å². The average molecular weight is 354 g/mol. The molecule has 0 aliphatic rings. The SMILES string of the molecule is Cc1cccc(OCCC(=O)NCC(=O)Nc2c(C)cccc2C)c1C. The van der Waals surface area contributed by atoms with Crippen molar-refractivity contribution in [1.82, 2.24) is 5.32 Å². The number of para-hydroxylation sites is 1. The second-order valence-electron chi connectivity index (χ2n) is 6.39. The Hall–Kier alpha value is -2.82. The Morgan fingerprint density at radius 3 is 2.19 bits per heavy atom. The van der Waals surface area contributed by atoms with Gasteiger partial charge in [-0.05, 0) is 56.0 Å². The zero-order chi connectivity index (χ0) is 19.1. The average Bonchev–Trinajstić information content (AvgIpc) is 2.60. The van der Waals surface area contributed by atoms with Gasteiger partial charge in [0.05, 0.1) is 19.6 Å². The number of carbonyl (C=O) groups excluding carboxylic acids is 2. The molecule has 0 unspecified atom stereocenters. The summed E-state index contributed by atoms with van der Waals surface area (Å²) in [6.45, 7) is 8.09. The Morgan fingerprint density at radius 1 is 0.885 bits per heavy atom. The van der Waals surface area contributed by atoms with E-state index in [1.54, 1.807) is 0 Å². The summed E-state index contributed by atoms with van der Waals surface area (Å²) in [6, 6.07) is 11.6. The Morgan fingerprint density at radius 2 is 1.50 bits per heavy atom. The minimum atomic E-state index is -0.244. The molecule has 2 aromatic carbocycles. The maximum atomic E-state index is 12.0. The van der Waals surface area contributed by atoms with Crippen LogP contribution < -0.4 is 15.4 Å². The largest absolute Gasteiger partial charge is 0.493 e. The number of ether oxygens (including phenoxy) is 1. The van der Waals surface area contributed by atoms with Gasteiger partial charge in [-0.3, -0.25) is 9.59 Å². The third-order valence-corrected chi connectivity index (χ3v) is 4.33.